The number of nitrogens with zero attached hydrogens (tertiary/aromatic N) is 1. The molecule has 3 unspecified atom stereocenters. The maximum Gasteiger partial charge on any atom is 0.141 e. The minimum absolute atomic E-state index is 0.161. The van der Waals surface area contributed by atoms with E-state index in [0.29, 0.717) is 6.73 Å². The predicted octanol–water partition coefficient (Wildman–Crippen LogP) is 2.82. The maximum absolute atomic E-state index is 10.5. The smallest absolute Gasteiger partial charge is 0.141 e. The monoisotopic (exact) mass is 328 g/mol. The first-order chi connectivity index (χ1) is 11.5. The molecular weight excluding hydrogens is 300 g/mol. The molecule has 0 fully saturated rings. The lowest BCUT2D eigenvalue weighted by Crippen LogP contribution is -2.36. The van der Waals surface area contributed by atoms with Crippen molar-refractivity contribution in [1.82, 2.24) is 4.90 Å². The third kappa shape index (κ3) is 5.34. The van der Waals surface area contributed by atoms with Crippen LogP contribution in [0.2, 0.25) is 0 Å². The normalized spacial score (nSPS) is 15.1. The lowest BCUT2D eigenvalue weighted by molar-refractivity contribution is 0.121. The van der Waals surface area contributed by atoms with Gasteiger partial charge < -0.3 is 15.6 Å². The van der Waals surface area contributed by atoms with Gasteiger partial charge in [-0.15, -0.1) is 0 Å². The Morgan fingerprint density at radius 2 is 1.67 bits per heavy atom. The van der Waals surface area contributed by atoms with Crippen molar-refractivity contribution in [2.45, 2.75) is 25.5 Å². The molecule has 0 aliphatic carbocycles. The van der Waals surface area contributed by atoms with E-state index in [1.807, 2.05) is 61.5 Å². The van der Waals surface area contributed by atoms with Gasteiger partial charge in [0, 0.05) is 6.04 Å². The summed E-state index contributed by atoms with van der Waals surface area (Å²) in [6, 6.07) is 17.4. The van der Waals surface area contributed by atoms with E-state index in [2.05, 4.69) is 19.1 Å². The maximum atomic E-state index is 10.5. The molecule has 0 saturated heterocycles. The van der Waals surface area contributed by atoms with Crippen LogP contribution in [-0.4, -0.2) is 36.9 Å². The lowest BCUT2D eigenvalue weighted by atomic mass is 9.88. The van der Waals surface area contributed by atoms with Crippen LogP contribution in [0.15, 0.2) is 54.6 Å². The third-order valence-electron chi connectivity index (χ3n) is 4.13. The highest BCUT2D eigenvalue weighted by atomic mass is 16.5. The zero-order chi connectivity index (χ0) is 17.5. The summed E-state index contributed by atoms with van der Waals surface area (Å²) in [6.45, 7) is 2.64. The third-order valence-corrected chi connectivity index (χ3v) is 4.13. The summed E-state index contributed by atoms with van der Waals surface area (Å²) in [4.78, 5) is 1.97. The highest BCUT2D eigenvalue weighted by molar-refractivity contribution is 5.28. The molecule has 2 aromatic rings. The van der Waals surface area contributed by atoms with E-state index in [-0.39, 0.29) is 12.0 Å². The molecule has 130 valence electrons. The average molecular weight is 328 g/mol. The van der Waals surface area contributed by atoms with E-state index in [1.165, 1.54) is 5.56 Å². The Kier molecular flexibility index (Phi) is 6.79. The van der Waals surface area contributed by atoms with Gasteiger partial charge in [-0.3, -0.25) is 4.90 Å². The van der Waals surface area contributed by atoms with Crippen LogP contribution in [0.4, 0.5) is 0 Å². The lowest BCUT2D eigenvalue weighted by Gasteiger charge is -2.25. The molecule has 4 nitrogen and oxygen atoms in total. The van der Waals surface area contributed by atoms with E-state index in [4.69, 9.17) is 10.5 Å². The Hall–Kier alpha value is -1.88. The first kappa shape index (κ1) is 18.5. The molecule has 0 radical (unpaired) electrons. The number of rotatable bonds is 8. The zero-order valence-electron chi connectivity index (χ0n) is 14.7. The topological polar surface area (TPSA) is 58.7 Å². The Morgan fingerprint density at radius 1 is 1.04 bits per heavy atom. The van der Waals surface area contributed by atoms with Crippen molar-refractivity contribution in [3.63, 3.8) is 0 Å². The standard InChI is InChI=1S/C20H28N2O2/c1-15(19(21)20(23)17-7-5-4-6-8-17)13-16-9-11-18(12-10-16)24-14-22(2)3/h4-12,15,19-20,23H,13-14,21H2,1-3H3. The number of benzene rings is 2. The van der Waals surface area contributed by atoms with Crippen LogP contribution < -0.4 is 10.5 Å². The van der Waals surface area contributed by atoms with Crippen LogP contribution in [0.3, 0.4) is 0 Å². The molecule has 3 N–H and O–H groups in total. The minimum Gasteiger partial charge on any atom is -0.478 e. The Bertz CT molecular complexity index is 599. The predicted molar refractivity (Wildman–Crippen MR) is 97.9 cm³/mol. The molecule has 0 aliphatic rings. The van der Waals surface area contributed by atoms with Gasteiger partial charge in [0.25, 0.3) is 0 Å². The quantitative estimate of drug-likeness (QED) is 0.732. The van der Waals surface area contributed by atoms with Crippen molar-refractivity contribution in [2.24, 2.45) is 11.7 Å². The molecule has 0 saturated carbocycles. The number of aliphatic hydroxyl groups is 1. The van der Waals surface area contributed by atoms with Gasteiger partial charge in [0.15, 0.2) is 0 Å². The van der Waals surface area contributed by atoms with Crippen LogP contribution in [0.1, 0.15) is 24.2 Å². The molecule has 3 atom stereocenters. The van der Waals surface area contributed by atoms with Gasteiger partial charge in [-0.05, 0) is 49.7 Å². The van der Waals surface area contributed by atoms with Crippen molar-refractivity contribution < 1.29 is 9.84 Å². The molecule has 0 bridgehead atoms. The van der Waals surface area contributed by atoms with Crippen LogP contribution in [0.5, 0.6) is 5.75 Å². The van der Waals surface area contributed by atoms with E-state index >= 15 is 0 Å². The average Bonchev–Trinajstić information content (AvgIpc) is 2.60. The van der Waals surface area contributed by atoms with E-state index in [9.17, 15) is 5.11 Å². The fourth-order valence-corrected chi connectivity index (χ4v) is 2.62. The molecule has 0 heterocycles. The van der Waals surface area contributed by atoms with Crippen LogP contribution in [-0.2, 0) is 6.42 Å². The van der Waals surface area contributed by atoms with Gasteiger partial charge in [0.2, 0.25) is 0 Å². The van der Waals surface area contributed by atoms with E-state index in [1.54, 1.807) is 0 Å². The summed E-state index contributed by atoms with van der Waals surface area (Å²) in [5.74, 6) is 1.02. The summed E-state index contributed by atoms with van der Waals surface area (Å²) in [5.41, 5.74) is 8.33. The first-order valence-corrected chi connectivity index (χ1v) is 8.32. The highest BCUT2D eigenvalue weighted by Gasteiger charge is 2.22. The molecule has 0 aromatic heterocycles. The fraction of sp³-hybridized carbons (Fsp3) is 0.400. The first-order valence-electron chi connectivity index (χ1n) is 8.32. The number of nitrogens with two attached hydrogens (primary N) is 1. The van der Waals surface area contributed by atoms with Gasteiger partial charge in [-0.2, -0.15) is 0 Å². The number of ether oxygens (including phenoxy) is 1. The van der Waals surface area contributed by atoms with Crippen molar-refractivity contribution in [3.8, 4) is 5.75 Å². The summed E-state index contributed by atoms with van der Waals surface area (Å²) < 4.78 is 5.63. The Balaban J connectivity index is 1.92. The summed E-state index contributed by atoms with van der Waals surface area (Å²) >= 11 is 0. The van der Waals surface area contributed by atoms with Crippen LogP contribution >= 0.6 is 0 Å². The molecule has 2 aromatic carbocycles. The van der Waals surface area contributed by atoms with Gasteiger partial charge >= 0.3 is 0 Å². The highest BCUT2D eigenvalue weighted by Crippen LogP contribution is 2.23. The Morgan fingerprint density at radius 3 is 2.25 bits per heavy atom. The molecular formula is C20H28N2O2. The van der Waals surface area contributed by atoms with Gasteiger partial charge in [-0.25, -0.2) is 0 Å². The largest absolute Gasteiger partial charge is 0.478 e. The second kappa shape index (κ2) is 8.83. The second-order valence-corrected chi connectivity index (χ2v) is 6.61. The molecule has 4 heteroatoms. The minimum atomic E-state index is -0.649. The summed E-state index contributed by atoms with van der Waals surface area (Å²) in [6.07, 6.45) is 0.169. The van der Waals surface area contributed by atoms with Crippen LogP contribution in [0.25, 0.3) is 0 Å². The molecule has 0 spiro atoms. The number of hydrogen-bond acceptors (Lipinski definition) is 4. The number of hydrogen-bond donors (Lipinski definition) is 2. The van der Waals surface area contributed by atoms with Crippen molar-refractivity contribution in [2.75, 3.05) is 20.8 Å². The SMILES string of the molecule is CC(Cc1ccc(OCN(C)C)cc1)C(N)C(O)c1ccccc1. The number of aliphatic hydroxyl groups excluding tert-OH is 1. The van der Waals surface area contributed by atoms with E-state index in [0.717, 1.165) is 17.7 Å². The van der Waals surface area contributed by atoms with Crippen molar-refractivity contribution >= 4 is 0 Å². The summed E-state index contributed by atoms with van der Waals surface area (Å²) in [5, 5.41) is 10.5. The van der Waals surface area contributed by atoms with Crippen LogP contribution in [0, 0.1) is 5.92 Å². The van der Waals surface area contributed by atoms with Crippen molar-refractivity contribution in [1.29, 1.82) is 0 Å². The molecule has 0 amide bonds. The van der Waals surface area contributed by atoms with Gasteiger partial charge in [0.1, 0.15) is 12.5 Å². The van der Waals surface area contributed by atoms with Gasteiger partial charge in [0.05, 0.1) is 6.10 Å². The molecule has 2 rings (SSSR count). The van der Waals surface area contributed by atoms with Crippen molar-refractivity contribution in [3.05, 3.63) is 65.7 Å². The van der Waals surface area contributed by atoms with E-state index < -0.39 is 6.10 Å². The second-order valence-electron chi connectivity index (χ2n) is 6.61. The Labute approximate surface area is 144 Å². The summed E-state index contributed by atoms with van der Waals surface area (Å²) in [7, 11) is 3.94. The molecule has 24 heavy (non-hydrogen) atoms. The zero-order valence-corrected chi connectivity index (χ0v) is 14.7. The fourth-order valence-electron chi connectivity index (χ4n) is 2.62. The molecule has 0 aliphatic heterocycles. The van der Waals surface area contributed by atoms with Gasteiger partial charge in [-0.1, -0.05) is 49.4 Å².